The fourth-order valence-corrected chi connectivity index (χ4v) is 3.03. The summed E-state index contributed by atoms with van der Waals surface area (Å²) in [5.74, 6) is 0.664. The number of nitrogens with one attached hydrogen (secondary N) is 1. The quantitative estimate of drug-likeness (QED) is 0.768. The standard InChI is InChI=1S/C18H24FN5O2/c19-16-4-6-17(7-5-16)26-14-15-3-1-10-23(13-15)18(25)20-8-2-11-24-12-9-21-22-24/h4-7,9,12,15H,1-3,8,10-11,13-14H2,(H,20,25)/t15-/m1/s1. The number of rotatable bonds is 7. The molecule has 0 bridgehead atoms. The second kappa shape index (κ2) is 9.17. The van der Waals surface area contributed by atoms with E-state index >= 15 is 0 Å². The summed E-state index contributed by atoms with van der Waals surface area (Å²) in [6.45, 7) is 3.31. The number of likely N-dealkylation sites (tertiary alicyclic amines) is 1. The van der Waals surface area contributed by atoms with Crippen molar-refractivity contribution in [2.24, 2.45) is 5.92 Å². The number of ether oxygens (including phenoxy) is 1. The summed E-state index contributed by atoms with van der Waals surface area (Å²) in [5.41, 5.74) is 0. The molecule has 1 aliphatic rings. The molecule has 140 valence electrons. The van der Waals surface area contributed by atoms with Crippen LogP contribution in [0.5, 0.6) is 5.75 Å². The molecule has 0 unspecified atom stereocenters. The van der Waals surface area contributed by atoms with Gasteiger partial charge in [-0.15, -0.1) is 5.10 Å². The van der Waals surface area contributed by atoms with E-state index in [0.717, 1.165) is 32.4 Å². The van der Waals surface area contributed by atoms with Gasteiger partial charge in [-0.2, -0.15) is 0 Å². The molecule has 1 aromatic heterocycles. The minimum atomic E-state index is -0.276. The zero-order valence-electron chi connectivity index (χ0n) is 14.7. The Morgan fingerprint density at radius 1 is 1.35 bits per heavy atom. The molecule has 2 amide bonds. The molecule has 1 aromatic carbocycles. The minimum absolute atomic E-state index is 0.0323. The number of carbonyl (C=O) groups is 1. The van der Waals surface area contributed by atoms with Crippen molar-refractivity contribution in [3.8, 4) is 5.75 Å². The van der Waals surface area contributed by atoms with Crippen LogP contribution in [0.4, 0.5) is 9.18 Å². The molecule has 26 heavy (non-hydrogen) atoms. The third-order valence-electron chi connectivity index (χ3n) is 4.42. The Labute approximate surface area is 152 Å². The highest BCUT2D eigenvalue weighted by atomic mass is 19.1. The maximum absolute atomic E-state index is 12.9. The van der Waals surface area contributed by atoms with E-state index < -0.39 is 0 Å². The lowest BCUT2D eigenvalue weighted by Gasteiger charge is -2.32. The number of nitrogens with zero attached hydrogens (tertiary/aromatic N) is 4. The predicted octanol–water partition coefficient (Wildman–Crippen LogP) is 2.31. The summed E-state index contributed by atoms with van der Waals surface area (Å²) in [5, 5.41) is 10.6. The first kappa shape index (κ1) is 18.2. The molecule has 3 rings (SSSR count). The molecule has 2 heterocycles. The summed E-state index contributed by atoms with van der Waals surface area (Å²) in [7, 11) is 0. The van der Waals surface area contributed by atoms with E-state index in [4.69, 9.17) is 4.74 Å². The van der Waals surface area contributed by atoms with Crippen molar-refractivity contribution in [1.29, 1.82) is 0 Å². The van der Waals surface area contributed by atoms with Crippen LogP contribution in [0.3, 0.4) is 0 Å². The number of aryl methyl sites for hydroxylation is 1. The van der Waals surface area contributed by atoms with E-state index in [-0.39, 0.29) is 17.8 Å². The van der Waals surface area contributed by atoms with Crippen LogP contribution in [0, 0.1) is 11.7 Å². The Bertz CT molecular complexity index is 677. The number of amides is 2. The van der Waals surface area contributed by atoms with Gasteiger partial charge in [-0.1, -0.05) is 5.21 Å². The lowest BCUT2D eigenvalue weighted by Crippen LogP contribution is -2.46. The van der Waals surface area contributed by atoms with Gasteiger partial charge in [-0.25, -0.2) is 9.18 Å². The Balaban J connectivity index is 1.36. The maximum atomic E-state index is 12.9. The van der Waals surface area contributed by atoms with E-state index in [9.17, 15) is 9.18 Å². The highest BCUT2D eigenvalue weighted by Crippen LogP contribution is 2.19. The van der Waals surface area contributed by atoms with Crippen molar-refractivity contribution in [3.63, 3.8) is 0 Å². The first-order valence-electron chi connectivity index (χ1n) is 8.96. The predicted molar refractivity (Wildman–Crippen MR) is 94.2 cm³/mol. The number of halogens is 1. The van der Waals surface area contributed by atoms with Crippen LogP contribution in [0.15, 0.2) is 36.7 Å². The second-order valence-corrected chi connectivity index (χ2v) is 6.47. The molecule has 1 fully saturated rings. The van der Waals surface area contributed by atoms with Gasteiger partial charge in [0.05, 0.1) is 12.8 Å². The SMILES string of the molecule is O=C(NCCCn1ccnn1)N1CCC[C@@H](COc2ccc(F)cc2)C1. The number of urea groups is 1. The van der Waals surface area contributed by atoms with Gasteiger partial charge in [0.1, 0.15) is 11.6 Å². The topological polar surface area (TPSA) is 72.3 Å². The van der Waals surface area contributed by atoms with Crippen LogP contribution in [0.1, 0.15) is 19.3 Å². The number of hydrogen-bond acceptors (Lipinski definition) is 4. The number of piperidine rings is 1. The van der Waals surface area contributed by atoms with Crippen LogP contribution in [0.25, 0.3) is 0 Å². The minimum Gasteiger partial charge on any atom is -0.493 e. The molecule has 1 saturated heterocycles. The van der Waals surface area contributed by atoms with Gasteiger partial charge in [0, 0.05) is 38.3 Å². The third-order valence-corrected chi connectivity index (χ3v) is 4.42. The maximum Gasteiger partial charge on any atom is 0.317 e. The fourth-order valence-electron chi connectivity index (χ4n) is 3.03. The smallest absolute Gasteiger partial charge is 0.317 e. The first-order valence-corrected chi connectivity index (χ1v) is 8.96. The van der Waals surface area contributed by atoms with Gasteiger partial charge in [0.25, 0.3) is 0 Å². The average Bonchev–Trinajstić information content (AvgIpc) is 3.18. The van der Waals surface area contributed by atoms with Crippen molar-refractivity contribution in [1.82, 2.24) is 25.2 Å². The molecule has 0 radical (unpaired) electrons. The van der Waals surface area contributed by atoms with Gasteiger partial charge in [0.2, 0.25) is 0 Å². The largest absolute Gasteiger partial charge is 0.493 e. The number of benzene rings is 1. The Hall–Kier alpha value is -2.64. The van der Waals surface area contributed by atoms with E-state index in [2.05, 4.69) is 15.6 Å². The molecular weight excluding hydrogens is 337 g/mol. The Kier molecular flexibility index (Phi) is 6.40. The van der Waals surface area contributed by atoms with Crippen LogP contribution in [-0.2, 0) is 6.54 Å². The van der Waals surface area contributed by atoms with E-state index in [1.165, 1.54) is 12.1 Å². The van der Waals surface area contributed by atoms with Gasteiger partial charge >= 0.3 is 6.03 Å². The lowest BCUT2D eigenvalue weighted by molar-refractivity contribution is 0.137. The van der Waals surface area contributed by atoms with Crippen molar-refractivity contribution in [3.05, 3.63) is 42.5 Å². The summed E-state index contributed by atoms with van der Waals surface area (Å²) in [4.78, 5) is 14.2. The summed E-state index contributed by atoms with van der Waals surface area (Å²) < 4.78 is 20.4. The average molecular weight is 361 g/mol. The zero-order valence-corrected chi connectivity index (χ0v) is 14.7. The lowest BCUT2D eigenvalue weighted by atomic mass is 9.99. The Morgan fingerprint density at radius 3 is 2.96 bits per heavy atom. The van der Waals surface area contributed by atoms with E-state index in [1.807, 2.05) is 4.90 Å². The summed E-state index contributed by atoms with van der Waals surface area (Å²) in [6, 6.07) is 5.98. The molecule has 1 N–H and O–H groups in total. The van der Waals surface area contributed by atoms with Crippen molar-refractivity contribution in [2.45, 2.75) is 25.8 Å². The molecule has 2 aromatic rings. The zero-order chi connectivity index (χ0) is 18.2. The molecule has 0 aliphatic carbocycles. The highest BCUT2D eigenvalue weighted by Gasteiger charge is 2.23. The molecular formula is C18H24FN5O2. The van der Waals surface area contributed by atoms with Gasteiger partial charge in [0.15, 0.2) is 0 Å². The van der Waals surface area contributed by atoms with Crippen LogP contribution >= 0.6 is 0 Å². The summed E-state index contributed by atoms with van der Waals surface area (Å²) in [6.07, 6.45) is 6.24. The molecule has 0 saturated carbocycles. The van der Waals surface area contributed by atoms with Crippen LogP contribution < -0.4 is 10.1 Å². The first-order chi connectivity index (χ1) is 12.7. The van der Waals surface area contributed by atoms with Crippen LogP contribution in [-0.4, -0.2) is 52.2 Å². The van der Waals surface area contributed by atoms with E-state index in [0.29, 0.717) is 25.4 Å². The van der Waals surface area contributed by atoms with Crippen molar-refractivity contribution < 1.29 is 13.9 Å². The van der Waals surface area contributed by atoms with E-state index in [1.54, 1.807) is 29.2 Å². The highest BCUT2D eigenvalue weighted by molar-refractivity contribution is 5.74. The molecule has 7 nitrogen and oxygen atoms in total. The monoisotopic (exact) mass is 361 g/mol. The van der Waals surface area contributed by atoms with Crippen LogP contribution in [0.2, 0.25) is 0 Å². The molecule has 8 heteroatoms. The Morgan fingerprint density at radius 2 is 2.19 bits per heavy atom. The summed E-state index contributed by atoms with van der Waals surface area (Å²) >= 11 is 0. The number of hydrogen-bond donors (Lipinski definition) is 1. The third kappa shape index (κ3) is 5.44. The fraction of sp³-hybridized carbons (Fsp3) is 0.500. The normalized spacial score (nSPS) is 17.1. The molecule has 1 aliphatic heterocycles. The second-order valence-electron chi connectivity index (χ2n) is 6.47. The molecule has 1 atom stereocenters. The van der Waals surface area contributed by atoms with Crippen molar-refractivity contribution in [2.75, 3.05) is 26.2 Å². The molecule has 0 spiro atoms. The van der Waals surface area contributed by atoms with Gasteiger partial charge in [-0.05, 0) is 43.5 Å². The number of carbonyl (C=O) groups excluding carboxylic acids is 1. The van der Waals surface area contributed by atoms with Gasteiger partial charge < -0.3 is 15.0 Å². The van der Waals surface area contributed by atoms with Crippen molar-refractivity contribution >= 4 is 6.03 Å². The van der Waals surface area contributed by atoms with Gasteiger partial charge in [-0.3, -0.25) is 4.68 Å². The number of aromatic nitrogens is 3.